The molecule has 0 bridgehead atoms. The highest BCUT2D eigenvalue weighted by molar-refractivity contribution is 7.89. The van der Waals surface area contributed by atoms with Crippen LogP contribution in [0, 0.1) is 0 Å². The molecular formula is C10H11Cl2NO3S2. The Morgan fingerprint density at radius 3 is 2.39 bits per heavy atom. The van der Waals surface area contributed by atoms with Crippen molar-refractivity contribution in [3.05, 3.63) is 14.7 Å². The summed E-state index contributed by atoms with van der Waals surface area (Å²) in [5.74, 6) is 0.182. The van der Waals surface area contributed by atoms with E-state index in [1.807, 2.05) is 0 Å². The smallest absolute Gasteiger partial charge is 0.243 e. The Morgan fingerprint density at radius 1 is 1.28 bits per heavy atom. The number of carbonyl (C=O) groups is 1. The van der Waals surface area contributed by atoms with Crippen LogP contribution in [0.3, 0.4) is 0 Å². The molecule has 0 saturated heterocycles. The first-order valence-corrected chi connectivity index (χ1v) is 8.43. The third-order valence-electron chi connectivity index (χ3n) is 2.78. The molecule has 1 N–H and O–H groups in total. The molecule has 1 fully saturated rings. The molecule has 1 aromatic heterocycles. The molecule has 8 heteroatoms. The highest BCUT2D eigenvalue weighted by Gasteiger charge is 2.27. The Kier molecular flexibility index (Phi) is 4.33. The molecular weight excluding hydrogens is 317 g/mol. The molecule has 0 amide bonds. The summed E-state index contributed by atoms with van der Waals surface area (Å²) in [7, 11) is -3.65. The minimum Gasteiger partial charge on any atom is -0.300 e. The van der Waals surface area contributed by atoms with Gasteiger partial charge in [-0.15, -0.1) is 11.3 Å². The molecule has 1 aliphatic carbocycles. The maximum Gasteiger partial charge on any atom is 0.243 e. The lowest BCUT2D eigenvalue weighted by atomic mass is 9.95. The first-order valence-electron chi connectivity index (χ1n) is 5.37. The fraction of sp³-hybridized carbons (Fsp3) is 0.500. The van der Waals surface area contributed by atoms with E-state index in [1.165, 1.54) is 6.07 Å². The molecule has 1 saturated carbocycles. The largest absolute Gasteiger partial charge is 0.300 e. The van der Waals surface area contributed by atoms with Crippen molar-refractivity contribution in [1.29, 1.82) is 0 Å². The van der Waals surface area contributed by atoms with Gasteiger partial charge in [0.1, 0.15) is 15.0 Å². The summed E-state index contributed by atoms with van der Waals surface area (Å²) in [6.07, 6.45) is 1.91. The normalized spacial score (nSPS) is 18.2. The summed E-state index contributed by atoms with van der Waals surface area (Å²) in [6.45, 7) is 0. The van der Waals surface area contributed by atoms with Crippen LogP contribution in [0.1, 0.15) is 25.7 Å². The van der Waals surface area contributed by atoms with E-state index < -0.39 is 10.0 Å². The number of sulfonamides is 1. The second kappa shape index (κ2) is 5.46. The van der Waals surface area contributed by atoms with Crippen molar-refractivity contribution in [3.8, 4) is 0 Å². The van der Waals surface area contributed by atoms with E-state index in [2.05, 4.69) is 4.72 Å². The van der Waals surface area contributed by atoms with Crippen LogP contribution in [-0.2, 0) is 14.8 Å². The highest BCUT2D eigenvalue weighted by Crippen LogP contribution is 2.34. The summed E-state index contributed by atoms with van der Waals surface area (Å²) >= 11 is 12.6. The van der Waals surface area contributed by atoms with Crippen LogP contribution in [0.4, 0.5) is 0 Å². The van der Waals surface area contributed by atoms with Gasteiger partial charge in [0, 0.05) is 18.9 Å². The number of hydrogen-bond donors (Lipinski definition) is 1. The van der Waals surface area contributed by atoms with Crippen LogP contribution < -0.4 is 4.72 Å². The molecule has 1 aromatic rings. The third-order valence-corrected chi connectivity index (χ3v) is 6.05. The lowest BCUT2D eigenvalue weighted by Gasteiger charge is -2.21. The molecule has 0 spiro atoms. The zero-order valence-corrected chi connectivity index (χ0v) is 12.4. The van der Waals surface area contributed by atoms with Gasteiger partial charge in [0.2, 0.25) is 10.0 Å². The fourth-order valence-electron chi connectivity index (χ4n) is 1.85. The molecule has 100 valence electrons. The van der Waals surface area contributed by atoms with Crippen molar-refractivity contribution in [2.45, 2.75) is 36.6 Å². The molecule has 1 aliphatic rings. The van der Waals surface area contributed by atoms with Gasteiger partial charge in [0.15, 0.2) is 0 Å². The van der Waals surface area contributed by atoms with Crippen LogP contribution in [0.25, 0.3) is 0 Å². The van der Waals surface area contributed by atoms with E-state index in [9.17, 15) is 13.2 Å². The number of Topliss-reactive ketones (excluding diaryl/α,β-unsaturated/α-hetero) is 1. The van der Waals surface area contributed by atoms with Gasteiger partial charge in [-0.1, -0.05) is 23.2 Å². The molecule has 0 aliphatic heterocycles. The van der Waals surface area contributed by atoms with Crippen molar-refractivity contribution in [3.63, 3.8) is 0 Å². The van der Waals surface area contributed by atoms with Crippen molar-refractivity contribution in [1.82, 2.24) is 4.72 Å². The highest BCUT2D eigenvalue weighted by atomic mass is 35.5. The zero-order valence-electron chi connectivity index (χ0n) is 9.28. The summed E-state index contributed by atoms with van der Waals surface area (Å²) in [5.41, 5.74) is 0. The lowest BCUT2D eigenvalue weighted by molar-refractivity contribution is -0.120. The van der Waals surface area contributed by atoms with Crippen LogP contribution >= 0.6 is 34.5 Å². The Hall–Kier alpha value is -0.140. The van der Waals surface area contributed by atoms with Gasteiger partial charge in [-0.2, -0.15) is 0 Å². The molecule has 1 heterocycles. The Labute approximate surface area is 119 Å². The summed E-state index contributed by atoms with van der Waals surface area (Å²) < 4.78 is 27.2. The minimum absolute atomic E-state index is 0.0102. The van der Waals surface area contributed by atoms with Crippen molar-refractivity contribution >= 4 is 50.3 Å². The minimum atomic E-state index is -3.65. The van der Waals surface area contributed by atoms with Crippen molar-refractivity contribution < 1.29 is 13.2 Å². The van der Waals surface area contributed by atoms with Crippen LogP contribution in [0.5, 0.6) is 0 Å². The average molecular weight is 328 g/mol. The number of halogens is 2. The van der Waals surface area contributed by atoms with Crippen molar-refractivity contribution in [2.75, 3.05) is 0 Å². The van der Waals surface area contributed by atoms with E-state index in [0.29, 0.717) is 30.0 Å². The second-order valence-corrected chi connectivity index (χ2v) is 8.09. The van der Waals surface area contributed by atoms with Gasteiger partial charge in [-0.3, -0.25) is 4.79 Å². The standard InChI is InChI=1S/C10H11Cl2NO3S2/c11-9-5-8(10(12)17-9)18(15,16)13-6-1-3-7(14)4-2-6/h5-6,13H,1-4H2. The molecule has 0 radical (unpaired) electrons. The van der Waals surface area contributed by atoms with Crippen LogP contribution in [0.15, 0.2) is 11.0 Å². The Balaban J connectivity index is 2.12. The molecule has 4 nitrogen and oxygen atoms in total. The van der Waals surface area contributed by atoms with Gasteiger partial charge >= 0.3 is 0 Å². The van der Waals surface area contributed by atoms with E-state index in [4.69, 9.17) is 23.2 Å². The SMILES string of the molecule is O=C1CCC(NS(=O)(=O)c2cc(Cl)sc2Cl)CC1. The van der Waals surface area contributed by atoms with Crippen molar-refractivity contribution in [2.24, 2.45) is 0 Å². The molecule has 2 rings (SSSR count). The van der Waals surface area contributed by atoms with Gasteiger partial charge in [-0.25, -0.2) is 13.1 Å². The zero-order chi connectivity index (χ0) is 13.3. The first-order chi connectivity index (χ1) is 8.38. The van der Waals surface area contributed by atoms with Gasteiger partial charge < -0.3 is 0 Å². The number of carbonyl (C=O) groups excluding carboxylic acids is 1. The number of nitrogens with one attached hydrogen (secondary N) is 1. The topological polar surface area (TPSA) is 63.2 Å². The van der Waals surface area contributed by atoms with Gasteiger partial charge in [0.05, 0.1) is 4.34 Å². The molecule has 0 unspecified atom stereocenters. The third kappa shape index (κ3) is 3.24. The number of hydrogen-bond acceptors (Lipinski definition) is 4. The summed E-state index contributed by atoms with van der Waals surface area (Å²) in [5, 5.41) is 0. The molecule has 0 aromatic carbocycles. The predicted octanol–water partition coefficient (Wildman–Crippen LogP) is 2.84. The first kappa shape index (κ1) is 14.3. The quantitative estimate of drug-likeness (QED) is 0.928. The van der Waals surface area contributed by atoms with E-state index in [-0.39, 0.29) is 21.1 Å². The monoisotopic (exact) mass is 327 g/mol. The summed E-state index contributed by atoms with van der Waals surface area (Å²) in [4.78, 5) is 11.1. The number of ketones is 1. The average Bonchev–Trinajstić information content (AvgIpc) is 2.62. The number of thiophene rings is 1. The van der Waals surface area contributed by atoms with Gasteiger partial charge in [-0.05, 0) is 18.9 Å². The van der Waals surface area contributed by atoms with E-state index in [0.717, 1.165) is 11.3 Å². The Bertz CT molecular complexity index is 558. The maximum absolute atomic E-state index is 12.1. The van der Waals surface area contributed by atoms with E-state index in [1.54, 1.807) is 0 Å². The fourth-order valence-corrected chi connectivity index (χ4v) is 5.30. The second-order valence-electron chi connectivity index (χ2n) is 4.12. The van der Waals surface area contributed by atoms with Crippen LogP contribution in [-0.4, -0.2) is 20.2 Å². The maximum atomic E-state index is 12.1. The lowest BCUT2D eigenvalue weighted by Crippen LogP contribution is -2.37. The number of rotatable bonds is 3. The predicted molar refractivity (Wildman–Crippen MR) is 71.9 cm³/mol. The van der Waals surface area contributed by atoms with Crippen LogP contribution in [0.2, 0.25) is 8.67 Å². The molecule has 0 atom stereocenters. The van der Waals surface area contributed by atoms with Gasteiger partial charge in [0.25, 0.3) is 0 Å². The van der Waals surface area contributed by atoms with E-state index >= 15 is 0 Å². The Morgan fingerprint density at radius 2 is 1.89 bits per heavy atom. The molecule has 18 heavy (non-hydrogen) atoms. The summed E-state index contributed by atoms with van der Waals surface area (Å²) in [6, 6.07) is 1.13.